The molecular formula is C20H22FN5OS. The zero-order chi connectivity index (χ0) is 19.3. The largest absolute Gasteiger partial charge is 0.301 e. The van der Waals surface area contributed by atoms with Crippen molar-refractivity contribution in [2.24, 2.45) is 0 Å². The minimum atomic E-state index is -0.223. The molecule has 0 saturated carbocycles. The highest BCUT2D eigenvalue weighted by Crippen LogP contribution is 2.23. The number of carbonyl (C=O) groups is 1. The molecule has 1 atom stereocenters. The highest BCUT2D eigenvalue weighted by molar-refractivity contribution is 7.15. The first-order valence-electron chi connectivity index (χ1n) is 9.37. The minimum absolute atomic E-state index is 0.0702. The molecule has 3 heterocycles. The summed E-state index contributed by atoms with van der Waals surface area (Å²) in [5.41, 5.74) is 0.627. The molecule has 2 aromatic heterocycles. The molecule has 0 unspecified atom stereocenters. The molecule has 1 saturated heterocycles. The molecule has 0 spiro atoms. The number of nitrogens with zero attached hydrogens (tertiary/aromatic N) is 4. The van der Waals surface area contributed by atoms with Crippen molar-refractivity contribution in [3.05, 3.63) is 65.2 Å². The summed E-state index contributed by atoms with van der Waals surface area (Å²) >= 11 is 1.38. The van der Waals surface area contributed by atoms with Crippen molar-refractivity contribution >= 4 is 22.4 Å². The van der Waals surface area contributed by atoms with Gasteiger partial charge in [0.05, 0.1) is 13.1 Å². The van der Waals surface area contributed by atoms with Crippen LogP contribution < -0.4 is 5.32 Å². The van der Waals surface area contributed by atoms with Gasteiger partial charge in [0.25, 0.3) is 0 Å². The number of aromatic nitrogens is 3. The van der Waals surface area contributed by atoms with Crippen LogP contribution in [0.2, 0.25) is 0 Å². The zero-order valence-corrected chi connectivity index (χ0v) is 16.2. The summed E-state index contributed by atoms with van der Waals surface area (Å²) in [6.07, 6.45) is 8.04. The zero-order valence-electron chi connectivity index (χ0n) is 15.4. The summed E-state index contributed by atoms with van der Waals surface area (Å²) in [5.74, 6) is -0.294. The van der Waals surface area contributed by atoms with Crippen LogP contribution in [0.25, 0.3) is 0 Å². The number of hydrogen-bond donors (Lipinski definition) is 1. The normalized spacial score (nSPS) is 17.1. The van der Waals surface area contributed by atoms with Crippen molar-refractivity contribution in [1.82, 2.24) is 19.7 Å². The number of rotatable bonds is 7. The highest BCUT2D eigenvalue weighted by Gasteiger charge is 2.26. The number of amides is 1. The molecule has 4 rings (SSSR count). The predicted molar refractivity (Wildman–Crippen MR) is 107 cm³/mol. The van der Waals surface area contributed by atoms with E-state index >= 15 is 0 Å². The molecule has 8 heteroatoms. The number of thiazole rings is 1. The van der Waals surface area contributed by atoms with Gasteiger partial charge < -0.3 is 5.32 Å². The van der Waals surface area contributed by atoms with Crippen LogP contribution in [0.1, 0.15) is 23.3 Å². The van der Waals surface area contributed by atoms with Gasteiger partial charge in [0, 0.05) is 35.9 Å². The molecule has 146 valence electrons. The lowest BCUT2D eigenvalue weighted by Crippen LogP contribution is -2.39. The lowest BCUT2D eigenvalue weighted by molar-refractivity contribution is -0.117. The van der Waals surface area contributed by atoms with Crippen molar-refractivity contribution in [1.29, 1.82) is 0 Å². The van der Waals surface area contributed by atoms with Crippen LogP contribution in [0.4, 0.5) is 9.52 Å². The van der Waals surface area contributed by atoms with E-state index in [4.69, 9.17) is 0 Å². The SMILES string of the molecule is O=C(CN1CCC[C@H]1Cn1cccn1)Nc1ncc(Cc2ccccc2F)s1. The van der Waals surface area contributed by atoms with Crippen molar-refractivity contribution in [2.75, 3.05) is 18.4 Å². The molecule has 1 aliphatic heterocycles. The smallest absolute Gasteiger partial charge is 0.240 e. The van der Waals surface area contributed by atoms with Gasteiger partial charge in [0.1, 0.15) is 5.82 Å². The molecule has 3 aromatic rings. The molecule has 1 aliphatic rings. The van der Waals surface area contributed by atoms with E-state index in [1.54, 1.807) is 24.5 Å². The number of carbonyl (C=O) groups excluding carboxylic acids is 1. The molecule has 0 radical (unpaired) electrons. The third-order valence-electron chi connectivity index (χ3n) is 4.93. The number of halogens is 1. The molecular weight excluding hydrogens is 377 g/mol. The highest BCUT2D eigenvalue weighted by atomic mass is 32.1. The summed E-state index contributed by atoms with van der Waals surface area (Å²) < 4.78 is 15.7. The third kappa shape index (κ3) is 4.63. The van der Waals surface area contributed by atoms with Crippen LogP contribution in [0.5, 0.6) is 0 Å². The molecule has 1 fully saturated rings. The maximum atomic E-state index is 13.8. The first-order valence-corrected chi connectivity index (χ1v) is 10.2. The number of likely N-dealkylation sites (tertiary alicyclic amines) is 1. The van der Waals surface area contributed by atoms with Gasteiger partial charge in [0.2, 0.25) is 5.91 Å². The number of hydrogen-bond acceptors (Lipinski definition) is 5. The fourth-order valence-electron chi connectivity index (χ4n) is 3.55. The summed E-state index contributed by atoms with van der Waals surface area (Å²) in [4.78, 5) is 19.9. The number of anilines is 1. The lowest BCUT2D eigenvalue weighted by atomic mass is 10.1. The number of benzene rings is 1. The van der Waals surface area contributed by atoms with Crippen LogP contribution in [-0.4, -0.2) is 44.7 Å². The Balaban J connectivity index is 1.31. The fraction of sp³-hybridized carbons (Fsp3) is 0.350. The maximum absolute atomic E-state index is 13.8. The molecule has 0 aliphatic carbocycles. The Morgan fingerprint density at radius 1 is 1.32 bits per heavy atom. The number of nitrogens with one attached hydrogen (secondary N) is 1. The summed E-state index contributed by atoms with van der Waals surface area (Å²) in [6.45, 7) is 2.05. The molecule has 0 bridgehead atoms. The van der Waals surface area contributed by atoms with Crippen LogP contribution >= 0.6 is 11.3 Å². The average molecular weight is 399 g/mol. The van der Waals surface area contributed by atoms with Gasteiger partial charge in [-0.15, -0.1) is 11.3 Å². The standard InChI is InChI=1S/C20H22FN5OS/c21-18-7-2-1-5-15(18)11-17-12-22-20(28-17)24-19(27)14-25-9-3-6-16(25)13-26-10-4-8-23-26/h1-2,4-5,7-8,10,12,16H,3,6,9,11,13-14H2,(H,22,24,27)/t16-/m0/s1. The van der Waals surface area contributed by atoms with Crippen molar-refractivity contribution < 1.29 is 9.18 Å². The van der Waals surface area contributed by atoms with Crippen LogP contribution in [0.3, 0.4) is 0 Å². The van der Waals surface area contributed by atoms with Gasteiger partial charge in [-0.3, -0.25) is 14.4 Å². The second kappa shape index (κ2) is 8.62. The van der Waals surface area contributed by atoms with E-state index in [0.29, 0.717) is 29.7 Å². The fourth-order valence-corrected chi connectivity index (χ4v) is 4.41. The Morgan fingerprint density at radius 2 is 2.21 bits per heavy atom. The predicted octanol–water partition coefficient (Wildman–Crippen LogP) is 3.17. The summed E-state index contributed by atoms with van der Waals surface area (Å²) in [5, 5.41) is 7.69. The van der Waals surface area contributed by atoms with E-state index in [9.17, 15) is 9.18 Å². The van der Waals surface area contributed by atoms with Crippen molar-refractivity contribution in [2.45, 2.75) is 31.8 Å². The maximum Gasteiger partial charge on any atom is 0.240 e. The van der Waals surface area contributed by atoms with Crippen molar-refractivity contribution in [3.63, 3.8) is 0 Å². The quantitative estimate of drug-likeness (QED) is 0.663. The third-order valence-corrected chi connectivity index (χ3v) is 5.84. The van der Waals surface area contributed by atoms with E-state index in [1.165, 1.54) is 17.4 Å². The van der Waals surface area contributed by atoms with E-state index in [0.717, 1.165) is 30.8 Å². The average Bonchev–Trinajstić information content (AvgIpc) is 3.42. The van der Waals surface area contributed by atoms with Crippen LogP contribution in [0, 0.1) is 5.82 Å². The molecule has 28 heavy (non-hydrogen) atoms. The van der Waals surface area contributed by atoms with Crippen LogP contribution in [-0.2, 0) is 17.8 Å². The molecule has 1 amide bonds. The van der Waals surface area contributed by atoms with E-state index in [2.05, 4.69) is 20.3 Å². The first kappa shape index (κ1) is 18.8. The van der Waals surface area contributed by atoms with E-state index < -0.39 is 0 Å². The second-order valence-corrected chi connectivity index (χ2v) is 8.06. The Hall–Kier alpha value is -2.58. The lowest BCUT2D eigenvalue weighted by Gasteiger charge is -2.23. The van der Waals surface area contributed by atoms with Gasteiger partial charge in [-0.1, -0.05) is 18.2 Å². The minimum Gasteiger partial charge on any atom is -0.301 e. The second-order valence-electron chi connectivity index (χ2n) is 6.94. The Bertz CT molecular complexity index is 926. The van der Waals surface area contributed by atoms with Gasteiger partial charge in [-0.25, -0.2) is 9.37 Å². The van der Waals surface area contributed by atoms with Gasteiger partial charge >= 0.3 is 0 Å². The topological polar surface area (TPSA) is 63.1 Å². The van der Waals surface area contributed by atoms with E-state index in [1.807, 2.05) is 23.0 Å². The van der Waals surface area contributed by atoms with E-state index in [-0.39, 0.29) is 11.7 Å². The Morgan fingerprint density at radius 3 is 3.04 bits per heavy atom. The van der Waals surface area contributed by atoms with Gasteiger partial charge in [-0.05, 0) is 37.1 Å². The van der Waals surface area contributed by atoms with Gasteiger partial charge in [-0.2, -0.15) is 5.10 Å². The summed E-state index contributed by atoms with van der Waals surface area (Å²) in [6, 6.07) is 8.94. The Kier molecular flexibility index (Phi) is 5.78. The Labute approximate surface area is 167 Å². The first-order chi connectivity index (χ1) is 13.7. The summed E-state index contributed by atoms with van der Waals surface area (Å²) in [7, 11) is 0. The molecule has 1 aromatic carbocycles. The van der Waals surface area contributed by atoms with Crippen LogP contribution in [0.15, 0.2) is 48.9 Å². The monoisotopic (exact) mass is 399 g/mol. The molecule has 1 N–H and O–H groups in total. The molecule has 6 nitrogen and oxygen atoms in total. The van der Waals surface area contributed by atoms with Crippen molar-refractivity contribution in [3.8, 4) is 0 Å². The van der Waals surface area contributed by atoms with Gasteiger partial charge in [0.15, 0.2) is 5.13 Å².